The van der Waals surface area contributed by atoms with E-state index < -0.39 is 16.0 Å². The number of ether oxygens (including phenoxy) is 1. The van der Waals surface area contributed by atoms with Gasteiger partial charge in [0.25, 0.3) is 0 Å². The van der Waals surface area contributed by atoms with E-state index in [0.29, 0.717) is 16.5 Å². The van der Waals surface area contributed by atoms with Crippen LogP contribution in [0.5, 0.6) is 5.75 Å². The summed E-state index contributed by atoms with van der Waals surface area (Å²) in [5.41, 5.74) is 3.70. The summed E-state index contributed by atoms with van der Waals surface area (Å²) in [7, 11) is -1.83. The maximum absolute atomic E-state index is 11.5. The van der Waals surface area contributed by atoms with Gasteiger partial charge in [-0.2, -0.15) is 0 Å². The van der Waals surface area contributed by atoms with Gasteiger partial charge < -0.3 is 9.84 Å². The van der Waals surface area contributed by atoms with Crippen LogP contribution < -0.4 is 9.46 Å². The standard InChI is InChI=1S/C21H18ClNO5S2/c1-28-18-11-14(22)5-8-16(18)17-12-29-19(9-10-20(24)25)21(17)13-3-6-15(7-4-13)23-30(2,26)27/h3-12,23H,1-2H3,(H,24,25)/b10-9+. The molecule has 1 aromatic heterocycles. The molecule has 9 heteroatoms. The van der Waals surface area contributed by atoms with E-state index in [1.165, 1.54) is 17.4 Å². The van der Waals surface area contributed by atoms with Crippen LogP contribution in [-0.2, 0) is 14.8 Å². The van der Waals surface area contributed by atoms with Gasteiger partial charge in [0.1, 0.15) is 5.75 Å². The lowest BCUT2D eigenvalue weighted by molar-refractivity contribution is -0.131. The summed E-state index contributed by atoms with van der Waals surface area (Å²) in [5.74, 6) is -0.460. The summed E-state index contributed by atoms with van der Waals surface area (Å²) in [4.78, 5) is 11.8. The number of hydrogen-bond donors (Lipinski definition) is 2. The van der Waals surface area contributed by atoms with E-state index in [1.54, 1.807) is 43.5 Å². The molecule has 1 heterocycles. The first-order valence-electron chi connectivity index (χ1n) is 8.62. The number of carbonyl (C=O) groups is 1. The molecule has 0 bridgehead atoms. The minimum atomic E-state index is -3.39. The third kappa shape index (κ3) is 5.21. The fourth-order valence-corrected chi connectivity index (χ4v) is 4.65. The minimum Gasteiger partial charge on any atom is -0.496 e. The van der Waals surface area contributed by atoms with Crippen LogP contribution >= 0.6 is 22.9 Å². The van der Waals surface area contributed by atoms with Crippen molar-refractivity contribution in [3.05, 3.63) is 63.8 Å². The number of aliphatic carboxylic acids is 1. The SMILES string of the molecule is COc1cc(Cl)ccc1-c1csc(/C=C/C(=O)O)c1-c1ccc(NS(C)(=O)=O)cc1. The molecule has 0 saturated heterocycles. The average molecular weight is 464 g/mol. The summed E-state index contributed by atoms with van der Waals surface area (Å²) in [6.45, 7) is 0. The second-order valence-electron chi connectivity index (χ2n) is 6.36. The summed E-state index contributed by atoms with van der Waals surface area (Å²) in [6, 6.07) is 12.2. The summed E-state index contributed by atoms with van der Waals surface area (Å²) in [5, 5.41) is 11.5. The Kier molecular flexibility index (Phi) is 6.50. The van der Waals surface area contributed by atoms with Gasteiger partial charge in [-0.15, -0.1) is 11.3 Å². The van der Waals surface area contributed by atoms with E-state index in [-0.39, 0.29) is 0 Å². The van der Waals surface area contributed by atoms with Gasteiger partial charge in [-0.25, -0.2) is 13.2 Å². The first-order chi connectivity index (χ1) is 14.2. The zero-order valence-electron chi connectivity index (χ0n) is 16.0. The lowest BCUT2D eigenvalue weighted by atomic mass is 9.96. The molecule has 0 aliphatic rings. The maximum Gasteiger partial charge on any atom is 0.328 e. The van der Waals surface area contributed by atoms with Crippen LogP contribution in [0.2, 0.25) is 5.02 Å². The molecule has 3 aromatic rings. The number of thiophene rings is 1. The Bertz CT molecular complexity index is 1210. The molecule has 0 fully saturated rings. The molecule has 0 aliphatic heterocycles. The molecule has 0 unspecified atom stereocenters. The van der Waals surface area contributed by atoms with E-state index in [9.17, 15) is 13.2 Å². The average Bonchev–Trinajstić information content (AvgIpc) is 3.09. The van der Waals surface area contributed by atoms with Crippen molar-refractivity contribution in [2.75, 3.05) is 18.1 Å². The van der Waals surface area contributed by atoms with Gasteiger partial charge in [0, 0.05) is 38.4 Å². The molecular weight excluding hydrogens is 446 g/mol. The van der Waals surface area contributed by atoms with Gasteiger partial charge in [0.2, 0.25) is 10.0 Å². The molecule has 0 radical (unpaired) electrons. The Morgan fingerprint density at radius 3 is 2.47 bits per heavy atom. The van der Waals surface area contributed by atoms with Gasteiger partial charge in [0.15, 0.2) is 0 Å². The largest absolute Gasteiger partial charge is 0.496 e. The number of halogens is 1. The molecule has 2 N–H and O–H groups in total. The number of sulfonamides is 1. The van der Waals surface area contributed by atoms with Crippen molar-refractivity contribution in [1.82, 2.24) is 0 Å². The van der Waals surface area contributed by atoms with Crippen molar-refractivity contribution >= 4 is 50.7 Å². The van der Waals surface area contributed by atoms with Crippen molar-refractivity contribution < 1.29 is 23.1 Å². The molecule has 0 amide bonds. The molecule has 0 spiro atoms. The van der Waals surface area contributed by atoms with Gasteiger partial charge >= 0.3 is 5.97 Å². The molecule has 2 aromatic carbocycles. The quantitative estimate of drug-likeness (QED) is 0.469. The van der Waals surface area contributed by atoms with Crippen LogP contribution in [0.4, 0.5) is 5.69 Å². The third-order valence-corrected chi connectivity index (χ3v) is 5.92. The van der Waals surface area contributed by atoms with E-state index in [2.05, 4.69) is 4.72 Å². The number of nitrogens with one attached hydrogen (secondary N) is 1. The van der Waals surface area contributed by atoms with Gasteiger partial charge in [0.05, 0.1) is 13.4 Å². The number of carboxylic acid groups (broad SMARTS) is 1. The molecule has 30 heavy (non-hydrogen) atoms. The lowest BCUT2D eigenvalue weighted by Gasteiger charge is -2.12. The number of carboxylic acids is 1. The lowest BCUT2D eigenvalue weighted by Crippen LogP contribution is -2.09. The highest BCUT2D eigenvalue weighted by Crippen LogP contribution is 2.44. The van der Waals surface area contributed by atoms with E-state index in [4.69, 9.17) is 21.4 Å². The summed E-state index contributed by atoms with van der Waals surface area (Å²) >= 11 is 7.49. The molecule has 156 valence electrons. The highest BCUT2D eigenvalue weighted by Gasteiger charge is 2.18. The van der Waals surface area contributed by atoms with Crippen molar-refractivity contribution in [3.8, 4) is 28.0 Å². The molecule has 0 aliphatic carbocycles. The van der Waals surface area contributed by atoms with Crippen molar-refractivity contribution in [3.63, 3.8) is 0 Å². The number of methoxy groups -OCH3 is 1. The van der Waals surface area contributed by atoms with Gasteiger partial charge in [-0.05, 0) is 47.4 Å². The maximum atomic E-state index is 11.5. The molecular formula is C21H18ClNO5S2. The predicted molar refractivity (Wildman–Crippen MR) is 122 cm³/mol. The van der Waals surface area contributed by atoms with Crippen LogP contribution in [0.25, 0.3) is 28.3 Å². The van der Waals surface area contributed by atoms with Crippen LogP contribution in [-0.4, -0.2) is 32.9 Å². The van der Waals surface area contributed by atoms with E-state index >= 15 is 0 Å². The molecule has 0 saturated carbocycles. The Balaban J connectivity index is 2.16. The van der Waals surface area contributed by atoms with Crippen molar-refractivity contribution in [2.45, 2.75) is 0 Å². The first-order valence-corrected chi connectivity index (χ1v) is 11.8. The molecule has 3 rings (SSSR count). The first kappa shape index (κ1) is 21.9. The van der Waals surface area contributed by atoms with Crippen LogP contribution in [0, 0.1) is 0 Å². The smallest absolute Gasteiger partial charge is 0.328 e. The Hall–Kier alpha value is -2.81. The highest BCUT2D eigenvalue weighted by molar-refractivity contribution is 7.92. The zero-order chi connectivity index (χ0) is 21.9. The van der Waals surface area contributed by atoms with E-state index in [0.717, 1.165) is 39.5 Å². The zero-order valence-corrected chi connectivity index (χ0v) is 18.4. The van der Waals surface area contributed by atoms with Gasteiger partial charge in [-0.3, -0.25) is 4.72 Å². The second kappa shape index (κ2) is 8.91. The topological polar surface area (TPSA) is 92.7 Å². The fraction of sp³-hybridized carbons (Fsp3) is 0.0952. The summed E-state index contributed by atoms with van der Waals surface area (Å²) < 4.78 is 30.8. The number of anilines is 1. The Morgan fingerprint density at radius 1 is 1.17 bits per heavy atom. The monoisotopic (exact) mass is 463 g/mol. The highest BCUT2D eigenvalue weighted by atomic mass is 35.5. The number of benzene rings is 2. The van der Waals surface area contributed by atoms with Crippen molar-refractivity contribution in [1.29, 1.82) is 0 Å². The molecule has 0 atom stereocenters. The third-order valence-electron chi connectivity index (χ3n) is 4.13. The van der Waals surface area contributed by atoms with Crippen LogP contribution in [0.1, 0.15) is 4.88 Å². The Morgan fingerprint density at radius 2 is 1.87 bits per heavy atom. The number of rotatable bonds is 7. The molecule has 6 nitrogen and oxygen atoms in total. The van der Waals surface area contributed by atoms with Crippen LogP contribution in [0.15, 0.2) is 53.9 Å². The van der Waals surface area contributed by atoms with Crippen molar-refractivity contribution in [2.24, 2.45) is 0 Å². The van der Waals surface area contributed by atoms with Gasteiger partial charge in [-0.1, -0.05) is 23.7 Å². The summed E-state index contributed by atoms with van der Waals surface area (Å²) in [6.07, 6.45) is 3.70. The van der Waals surface area contributed by atoms with E-state index in [1.807, 2.05) is 11.4 Å². The van der Waals surface area contributed by atoms with Crippen LogP contribution in [0.3, 0.4) is 0 Å². The predicted octanol–water partition coefficient (Wildman–Crippen LogP) is 5.21. The second-order valence-corrected chi connectivity index (χ2v) is 9.45. The fourth-order valence-electron chi connectivity index (χ4n) is 2.95. The Labute approximate surface area is 183 Å². The minimum absolute atomic E-state index is 0.435. The normalized spacial score (nSPS) is 11.6. The number of hydrogen-bond acceptors (Lipinski definition) is 5.